The number of carbonyl (C=O) groups excluding carboxylic acids is 1. The molecule has 3 aromatic rings. The summed E-state index contributed by atoms with van der Waals surface area (Å²) in [5, 5.41) is 9.12. The Labute approximate surface area is 121 Å². The molecule has 0 aliphatic carbocycles. The van der Waals surface area contributed by atoms with Gasteiger partial charge in [-0.1, -0.05) is 53.7 Å². The Morgan fingerprint density at radius 2 is 1.57 bits per heavy atom. The van der Waals surface area contributed by atoms with Crippen LogP contribution in [0, 0.1) is 0 Å². The number of urea groups is 1. The molecule has 1 aromatic heterocycles. The highest BCUT2D eigenvalue weighted by Crippen LogP contribution is 2.27. The molecule has 2 N–H and O–H groups in total. The van der Waals surface area contributed by atoms with Crippen LogP contribution in [0.2, 0.25) is 0 Å². The van der Waals surface area contributed by atoms with Gasteiger partial charge >= 0.3 is 6.03 Å². The second-order valence-corrected chi connectivity index (χ2v) is 4.38. The molecule has 5 heteroatoms. The summed E-state index contributed by atoms with van der Waals surface area (Å²) >= 11 is 0. The lowest BCUT2D eigenvalue weighted by Crippen LogP contribution is -2.19. The zero-order valence-electron chi connectivity index (χ0n) is 11.1. The van der Waals surface area contributed by atoms with Crippen molar-refractivity contribution in [1.82, 2.24) is 5.16 Å². The van der Waals surface area contributed by atoms with Crippen LogP contribution in [0.5, 0.6) is 0 Å². The first kappa shape index (κ1) is 12.9. The molecule has 0 saturated heterocycles. The van der Waals surface area contributed by atoms with E-state index in [2.05, 4.69) is 15.8 Å². The highest BCUT2D eigenvalue weighted by molar-refractivity contribution is 6.00. The zero-order valence-corrected chi connectivity index (χ0v) is 11.1. The average molecular weight is 279 g/mol. The predicted octanol–water partition coefficient (Wildman–Crippen LogP) is 3.99. The molecule has 2 aromatic carbocycles. The van der Waals surface area contributed by atoms with E-state index < -0.39 is 0 Å². The summed E-state index contributed by atoms with van der Waals surface area (Å²) in [6, 6.07) is 18.4. The number of nitrogens with one attached hydrogen (secondary N) is 2. The van der Waals surface area contributed by atoms with Crippen LogP contribution in [0.25, 0.3) is 11.1 Å². The predicted molar refractivity (Wildman–Crippen MR) is 81.0 cm³/mol. The van der Waals surface area contributed by atoms with E-state index in [9.17, 15) is 4.79 Å². The number of hydrogen-bond donors (Lipinski definition) is 2. The Hall–Kier alpha value is -3.08. The molecule has 104 valence electrons. The fraction of sp³-hybridized carbons (Fsp3) is 0. The van der Waals surface area contributed by atoms with Crippen molar-refractivity contribution in [3.05, 3.63) is 66.9 Å². The third-order valence-corrected chi connectivity index (χ3v) is 2.91. The number of hydrogen-bond acceptors (Lipinski definition) is 3. The Balaban J connectivity index is 1.74. The summed E-state index contributed by atoms with van der Waals surface area (Å²) in [6.07, 6.45) is 1.58. The van der Waals surface area contributed by atoms with Crippen molar-refractivity contribution in [2.45, 2.75) is 0 Å². The lowest BCUT2D eigenvalue weighted by atomic mass is 10.1. The summed E-state index contributed by atoms with van der Waals surface area (Å²) in [5.74, 6) is 0.314. The van der Waals surface area contributed by atoms with Crippen molar-refractivity contribution in [1.29, 1.82) is 0 Å². The number of aromatic nitrogens is 1. The van der Waals surface area contributed by atoms with Crippen LogP contribution in [-0.2, 0) is 0 Å². The summed E-state index contributed by atoms with van der Waals surface area (Å²) in [4.78, 5) is 12.0. The Morgan fingerprint density at radius 3 is 2.29 bits per heavy atom. The van der Waals surface area contributed by atoms with Gasteiger partial charge in [0.15, 0.2) is 0 Å². The molecule has 1 heterocycles. The third kappa shape index (κ3) is 3.09. The van der Waals surface area contributed by atoms with Gasteiger partial charge in [-0.3, -0.25) is 5.32 Å². The van der Waals surface area contributed by atoms with Crippen molar-refractivity contribution in [3.8, 4) is 11.1 Å². The van der Waals surface area contributed by atoms with Crippen molar-refractivity contribution in [3.63, 3.8) is 0 Å². The Bertz CT molecular complexity index is 724. The number of rotatable bonds is 3. The normalized spacial score (nSPS) is 10.1. The molecule has 2 amide bonds. The quantitative estimate of drug-likeness (QED) is 0.761. The summed E-state index contributed by atoms with van der Waals surface area (Å²) in [6.45, 7) is 0. The van der Waals surface area contributed by atoms with Gasteiger partial charge in [0.25, 0.3) is 0 Å². The van der Waals surface area contributed by atoms with E-state index in [0.717, 1.165) is 11.1 Å². The van der Waals surface area contributed by atoms with Crippen molar-refractivity contribution in [2.24, 2.45) is 0 Å². The van der Waals surface area contributed by atoms with Gasteiger partial charge < -0.3 is 9.84 Å². The van der Waals surface area contributed by atoms with E-state index in [-0.39, 0.29) is 6.03 Å². The molecule has 0 atom stereocenters. The smallest absolute Gasteiger partial charge is 0.326 e. The second kappa shape index (κ2) is 5.92. The molecular weight excluding hydrogens is 266 g/mol. The first-order chi connectivity index (χ1) is 10.3. The van der Waals surface area contributed by atoms with Crippen molar-refractivity contribution in [2.75, 3.05) is 10.6 Å². The minimum Gasteiger partial charge on any atom is -0.338 e. The van der Waals surface area contributed by atoms with Gasteiger partial charge in [0.05, 0.1) is 11.8 Å². The van der Waals surface area contributed by atoms with Crippen LogP contribution in [0.3, 0.4) is 0 Å². The fourth-order valence-electron chi connectivity index (χ4n) is 1.94. The molecular formula is C16H13N3O2. The Morgan fingerprint density at radius 1 is 0.905 bits per heavy atom. The number of benzene rings is 2. The van der Waals surface area contributed by atoms with E-state index in [4.69, 9.17) is 4.52 Å². The SMILES string of the molecule is O=C(Nc1ccccc1)Nc1oncc1-c1ccccc1. The molecule has 0 aliphatic rings. The van der Waals surface area contributed by atoms with Gasteiger partial charge in [0.2, 0.25) is 5.88 Å². The van der Waals surface area contributed by atoms with Crippen molar-refractivity contribution < 1.29 is 9.32 Å². The van der Waals surface area contributed by atoms with Gasteiger partial charge in [-0.25, -0.2) is 4.79 Å². The van der Waals surface area contributed by atoms with Gasteiger partial charge in [-0.15, -0.1) is 0 Å². The zero-order chi connectivity index (χ0) is 14.5. The molecule has 5 nitrogen and oxygen atoms in total. The number of para-hydroxylation sites is 1. The first-order valence-electron chi connectivity index (χ1n) is 6.46. The maximum Gasteiger partial charge on any atom is 0.326 e. The van der Waals surface area contributed by atoms with Crippen LogP contribution >= 0.6 is 0 Å². The summed E-state index contributed by atoms with van der Waals surface area (Å²) < 4.78 is 5.11. The second-order valence-electron chi connectivity index (χ2n) is 4.38. The topological polar surface area (TPSA) is 67.2 Å². The van der Waals surface area contributed by atoms with Crippen LogP contribution in [0.4, 0.5) is 16.4 Å². The molecule has 3 rings (SSSR count). The van der Waals surface area contributed by atoms with E-state index in [1.807, 2.05) is 48.5 Å². The minimum atomic E-state index is -0.380. The molecule has 0 bridgehead atoms. The highest BCUT2D eigenvalue weighted by atomic mass is 16.5. The Kier molecular flexibility index (Phi) is 3.64. The van der Waals surface area contributed by atoms with Crippen molar-refractivity contribution >= 4 is 17.6 Å². The van der Waals surface area contributed by atoms with E-state index in [1.165, 1.54) is 0 Å². The summed E-state index contributed by atoms with van der Waals surface area (Å²) in [5.41, 5.74) is 2.36. The van der Waals surface area contributed by atoms with E-state index >= 15 is 0 Å². The number of anilines is 2. The molecule has 0 spiro atoms. The number of nitrogens with zero attached hydrogens (tertiary/aromatic N) is 1. The molecule has 21 heavy (non-hydrogen) atoms. The lowest BCUT2D eigenvalue weighted by Gasteiger charge is -2.06. The van der Waals surface area contributed by atoms with Crippen LogP contribution in [0.15, 0.2) is 71.4 Å². The monoisotopic (exact) mass is 279 g/mol. The molecule has 0 unspecified atom stereocenters. The molecule has 0 saturated carbocycles. The minimum absolute atomic E-state index is 0.314. The van der Waals surface area contributed by atoms with E-state index in [0.29, 0.717) is 11.6 Å². The lowest BCUT2D eigenvalue weighted by molar-refractivity contribution is 0.261. The summed E-state index contributed by atoms with van der Waals surface area (Å²) in [7, 11) is 0. The first-order valence-corrected chi connectivity index (χ1v) is 6.46. The average Bonchev–Trinajstić information content (AvgIpc) is 2.97. The standard InChI is InChI=1S/C16H13N3O2/c20-16(18-13-9-5-2-6-10-13)19-15-14(11-17-21-15)12-7-3-1-4-8-12/h1-11H,(H2,18,19,20). The molecule has 0 fully saturated rings. The maximum atomic E-state index is 12.0. The molecule has 0 radical (unpaired) electrons. The highest BCUT2D eigenvalue weighted by Gasteiger charge is 2.13. The number of amides is 2. The van der Waals surface area contributed by atoms with Gasteiger partial charge in [-0.05, 0) is 17.7 Å². The van der Waals surface area contributed by atoms with Gasteiger partial charge in [0, 0.05) is 5.69 Å². The molecule has 0 aliphatic heterocycles. The maximum absolute atomic E-state index is 12.0. The fourth-order valence-corrected chi connectivity index (χ4v) is 1.94. The van der Waals surface area contributed by atoms with Crippen LogP contribution in [-0.4, -0.2) is 11.2 Å². The van der Waals surface area contributed by atoms with Crippen LogP contribution < -0.4 is 10.6 Å². The van der Waals surface area contributed by atoms with Gasteiger partial charge in [0.1, 0.15) is 0 Å². The van der Waals surface area contributed by atoms with Gasteiger partial charge in [-0.2, -0.15) is 0 Å². The third-order valence-electron chi connectivity index (χ3n) is 2.91. The number of carbonyl (C=O) groups is 1. The van der Waals surface area contributed by atoms with Crippen LogP contribution in [0.1, 0.15) is 0 Å². The van der Waals surface area contributed by atoms with E-state index in [1.54, 1.807) is 18.3 Å². The largest absolute Gasteiger partial charge is 0.338 e.